The Kier molecular flexibility index (Phi) is 8.71. The van der Waals surface area contributed by atoms with Gasteiger partial charge in [0.05, 0.1) is 35.8 Å². The summed E-state index contributed by atoms with van der Waals surface area (Å²) in [5.41, 5.74) is 8.03. The first kappa shape index (κ1) is 24.1. The molecule has 0 unspecified atom stereocenters. The van der Waals surface area contributed by atoms with Crippen molar-refractivity contribution in [3.05, 3.63) is 75.9 Å². The highest BCUT2D eigenvalue weighted by Gasteiger charge is 2.06. The maximum atomic E-state index is 10.5. The van der Waals surface area contributed by atoms with Crippen LogP contribution in [0.15, 0.2) is 60.7 Å². The van der Waals surface area contributed by atoms with Gasteiger partial charge in [-0.15, -0.1) is 0 Å². The first-order chi connectivity index (χ1) is 16.0. The maximum Gasteiger partial charge on any atom is 0.270 e. The zero-order valence-electron chi connectivity index (χ0n) is 17.9. The summed E-state index contributed by atoms with van der Waals surface area (Å²) in [7, 11) is 1.64. The van der Waals surface area contributed by atoms with E-state index in [1.165, 1.54) is 12.1 Å². The third-order valence-corrected chi connectivity index (χ3v) is 4.66. The highest BCUT2D eigenvalue weighted by Crippen LogP contribution is 2.21. The number of nitro groups is 1. The van der Waals surface area contributed by atoms with Gasteiger partial charge in [0.25, 0.3) is 5.69 Å². The van der Waals surface area contributed by atoms with Gasteiger partial charge in [-0.1, -0.05) is 11.6 Å². The number of aromatic nitrogens is 2. The lowest BCUT2D eigenvalue weighted by atomic mass is 10.2. The van der Waals surface area contributed by atoms with Gasteiger partial charge in [-0.25, -0.2) is 9.97 Å². The largest absolute Gasteiger partial charge is 0.475 e. The Morgan fingerprint density at radius 1 is 0.909 bits per heavy atom. The predicted octanol–water partition coefficient (Wildman–Crippen LogP) is 4.66. The van der Waals surface area contributed by atoms with Crippen LogP contribution in [0.5, 0.6) is 5.88 Å². The Morgan fingerprint density at radius 3 is 2.39 bits per heavy atom. The Bertz CT molecular complexity index is 1240. The standard InChI is InChI=1S/C14H18N2O3.C9H5ClN2O2/c1-17-6-7-18-8-9-19-14-5-2-11-10-12(15)3-4-13(11)16-14;10-9-4-1-6-5-7(12(13)14)2-3-8(6)11-9/h2-5,10H,6-9,15H2,1H3;1-5H. The highest BCUT2D eigenvalue weighted by molar-refractivity contribution is 6.29. The molecule has 0 radical (unpaired) electrons. The van der Waals surface area contributed by atoms with Crippen LogP contribution in [0.2, 0.25) is 5.15 Å². The van der Waals surface area contributed by atoms with Crippen LogP contribution in [-0.2, 0) is 9.47 Å². The average molecular weight is 471 g/mol. The van der Waals surface area contributed by atoms with E-state index in [1.54, 1.807) is 25.3 Å². The maximum absolute atomic E-state index is 10.5. The van der Waals surface area contributed by atoms with Crippen LogP contribution in [0.4, 0.5) is 11.4 Å². The van der Waals surface area contributed by atoms with Crippen molar-refractivity contribution in [2.24, 2.45) is 0 Å². The van der Waals surface area contributed by atoms with Crippen LogP contribution < -0.4 is 10.5 Å². The molecule has 0 amide bonds. The zero-order valence-corrected chi connectivity index (χ0v) is 18.7. The van der Waals surface area contributed by atoms with Crippen LogP contribution in [0.1, 0.15) is 0 Å². The monoisotopic (exact) mass is 470 g/mol. The molecule has 2 aromatic heterocycles. The number of pyridine rings is 2. The molecule has 2 aromatic carbocycles. The summed E-state index contributed by atoms with van der Waals surface area (Å²) < 4.78 is 15.7. The molecule has 0 saturated heterocycles. The van der Waals surface area contributed by atoms with Crippen molar-refractivity contribution in [2.75, 3.05) is 39.3 Å². The fraction of sp³-hybridized carbons (Fsp3) is 0.217. The van der Waals surface area contributed by atoms with E-state index in [2.05, 4.69) is 9.97 Å². The number of halogens is 1. The van der Waals surface area contributed by atoms with E-state index in [0.717, 1.165) is 16.6 Å². The first-order valence-electron chi connectivity index (χ1n) is 10.0. The van der Waals surface area contributed by atoms with Crippen molar-refractivity contribution in [1.29, 1.82) is 0 Å². The fourth-order valence-corrected chi connectivity index (χ4v) is 3.01. The Balaban J connectivity index is 0.000000194. The number of rotatable bonds is 8. The van der Waals surface area contributed by atoms with Gasteiger partial charge in [0.2, 0.25) is 5.88 Å². The first-order valence-corrected chi connectivity index (χ1v) is 10.4. The highest BCUT2D eigenvalue weighted by atomic mass is 35.5. The van der Waals surface area contributed by atoms with E-state index >= 15 is 0 Å². The van der Waals surface area contributed by atoms with Crippen molar-refractivity contribution in [1.82, 2.24) is 9.97 Å². The molecule has 2 heterocycles. The molecule has 0 atom stereocenters. The molecule has 0 spiro atoms. The minimum atomic E-state index is -0.436. The van der Waals surface area contributed by atoms with Gasteiger partial charge < -0.3 is 19.9 Å². The summed E-state index contributed by atoms with van der Waals surface area (Å²) in [6.07, 6.45) is 0. The smallest absolute Gasteiger partial charge is 0.270 e. The topological polar surface area (TPSA) is 123 Å². The minimum absolute atomic E-state index is 0.0571. The second-order valence-corrected chi connectivity index (χ2v) is 7.21. The van der Waals surface area contributed by atoms with Crippen molar-refractivity contribution in [2.45, 2.75) is 0 Å². The van der Waals surface area contributed by atoms with E-state index in [1.807, 2.05) is 30.3 Å². The van der Waals surface area contributed by atoms with Gasteiger partial charge in [0, 0.05) is 41.8 Å². The second kappa shape index (κ2) is 11.9. The third kappa shape index (κ3) is 7.25. The molecule has 10 heteroatoms. The fourth-order valence-electron chi connectivity index (χ4n) is 2.86. The van der Waals surface area contributed by atoms with E-state index < -0.39 is 4.92 Å². The summed E-state index contributed by atoms with van der Waals surface area (Å²) in [6, 6.07) is 17.1. The number of fused-ring (bicyclic) bond motifs is 2. The molecule has 33 heavy (non-hydrogen) atoms. The molecule has 0 aliphatic rings. The van der Waals surface area contributed by atoms with Crippen molar-refractivity contribution in [3.63, 3.8) is 0 Å². The predicted molar refractivity (Wildman–Crippen MR) is 128 cm³/mol. The van der Waals surface area contributed by atoms with Gasteiger partial charge in [0.1, 0.15) is 11.8 Å². The number of nitro benzene ring substituents is 1. The summed E-state index contributed by atoms with van der Waals surface area (Å²) in [5, 5.41) is 12.6. The van der Waals surface area contributed by atoms with Gasteiger partial charge >= 0.3 is 0 Å². The van der Waals surface area contributed by atoms with Gasteiger partial charge in [-0.2, -0.15) is 0 Å². The molecule has 0 saturated carbocycles. The second-order valence-electron chi connectivity index (χ2n) is 6.82. The SMILES string of the molecule is COCCOCCOc1ccc2cc(N)ccc2n1.O=[N+]([O-])c1ccc2nc(Cl)ccc2c1. The Labute approximate surface area is 195 Å². The molecule has 0 fully saturated rings. The lowest BCUT2D eigenvalue weighted by Gasteiger charge is -2.07. The number of non-ortho nitro benzene ring substituents is 1. The quantitative estimate of drug-likeness (QED) is 0.130. The number of nitrogens with zero attached hydrogens (tertiary/aromatic N) is 3. The molecule has 0 aliphatic heterocycles. The molecular formula is C23H23ClN4O5. The lowest BCUT2D eigenvalue weighted by Crippen LogP contribution is -2.10. The Hall–Kier alpha value is -3.53. The average Bonchev–Trinajstić information content (AvgIpc) is 2.81. The third-order valence-electron chi connectivity index (χ3n) is 4.45. The Morgan fingerprint density at radius 2 is 1.61 bits per heavy atom. The van der Waals surface area contributed by atoms with Crippen LogP contribution in [0, 0.1) is 10.1 Å². The summed E-state index contributed by atoms with van der Waals surface area (Å²) in [5.74, 6) is 0.590. The minimum Gasteiger partial charge on any atom is -0.475 e. The van der Waals surface area contributed by atoms with E-state index in [4.69, 9.17) is 31.5 Å². The molecule has 0 bridgehead atoms. The number of methoxy groups -OCH3 is 1. The normalized spacial score (nSPS) is 10.6. The number of hydrogen-bond acceptors (Lipinski definition) is 8. The number of nitrogens with two attached hydrogens (primary N) is 1. The number of hydrogen-bond donors (Lipinski definition) is 1. The summed E-state index contributed by atoms with van der Waals surface area (Å²) >= 11 is 5.68. The molecular weight excluding hydrogens is 448 g/mol. The van der Waals surface area contributed by atoms with Crippen molar-refractivity contribution in [3.8, 4) is 5.88 Å². The molecule has 2 N–H and O–H groups in total. The number of benzene rings is 2. The van der Waals surface area contributed by atoms with Gasteiger partial charge in [-0.3, -0.25) is 10.1 Å². The molecule has 0 aliphatic carbocycles. The van der Waals surface area contributed by atoms with Crippen LogP contribution in [0.25, 0.3) is 21.8 Å². The van der Waals surface area contributed by atoms with Crippen LogP contribution in [0.3, 0.4) is 0 Å². The van der Waals surface area contributed by atoms with Crippen molar-refractivity contribution < 1.29 is 19.1 Å². The van der Waals surface area contributed by atoms with Crippen molar-refractivity contribution >= 4 is 44.8 Å². The van der Waals surface area contributed by atoms with E-state index in [0.29, 0.717) is 48.4 Å². The van der Waals surface area contributed by atoms with Crippen LogP contribution in [-0.4, -0.2) is 48.4 Å². The number of anilines is 1. The number of nitrogen functional groups attached to an aromatic ring is 1. The number of ether oxygens (including phenoxy) is 3. The lowest BCUT2D eigenvalue weighted by molar-refractivity contribution is -0.384. The molecule has 4 aromatic rings. The molecule has 4 rings (SSSR count). The summed E-state index contributed by atoms with van der Waals surface area (Å²) in [4.78, 5) is 18.4. The van der Waals surface area contributed by atoms with Crippen LogP contribution >= 0.6 is 11.6 Å². The molecule has 172 valence electrons. The van der Waals surface area contributed by atoms with E-state index in [9.17, 15) is 10.1 Å². The zero-order chi connectivity index (χ0) is 23.6. The van der Waals surface area contributed by atoms with E-state index in [-0.39, 0.29) is 5.69 Å². The van der Waals surface area contributed by atoms with Gasteiger partial charge in [-0.05, 0) is 42.5 Å². The van der Waals surface area contributed by atoms with Gasteiger partial charge in [0.15, 0.2) is 0 Å². The molecule has 9 nitrogen and oxygen atoms in total. The summed E-state index contributed by atoms with van der Waals surface area (Å²) in [6.45, 7) is 2.15.